The number of hydrogen-bond acceptors (Lipinski definition) is 6. The fourth-order valence-electron chi connectivity index (χ4n) is 2.77. The van der Waals surface area contributed by atoms with E-state index in [0.29, 0.717) is 48.6 Å². The van der Waals surface area contributed by atoms with Crippen LogP contribution in [0.2, 0.25) is 0 Å². The molecule has 0 aliphatic carbocycles. The van der Waals surface area contributed by atoms with Crippen LogP contribution in [0.1, 0.15) is 25.7 Å². The van der Waals surface area contributed by atoms with Crippen molar-refractivity contribution in [1.29, 1.82) is 0 Å². The Morgan fingerprint density at radius 2 is 1.07 bits per heavy atom. The molecule has 2 aromatic carbocycles. The molecule has 0 aliphatic rings. The van der Waals surface area contributed by atoms with Gasteiger partial charge in [0.2, 0.25) is 20.0 Å². The highest BCUT2D eigenvalue weighted by atomic mass is 32.2. The van der Waals surface area contributed by atoms with Crippen molar-refractivity contribution < 1.29 is 26.3 Å². The molecule has 0 spiro atoms. The van der Waals surface area contributed by atoms with E-state index >= 15 is 0 Å². The number of hydrogen-bond donors (Lipinski definition) is 2. The monoisotopic (exact) mass is 456 g/mol. The number of anilines is 2. The highest BCUT2D eigenvalue weighted by molar-refractivity contribution is 7.92. The second kappa shape index (κ2) is 11.1. The molecule has 10 heteroatoms. The lowest BCUT2D eigenvalue weighted by molar-refractivity contribution is 0.415. The van der Waals surface area contributed by atoms with Crippen LogP contribution in [0.5, 0.6) is 11.5 Å². The van der Waals surface area contributed by atoms with Crippen molar-refractivity contribution in [2.24, 2.45) is 0 Å². The van der Waals surface area contributed by atoms with Crippen molar-refractivity contribution in [2.45, 2.75) is 25.7 Å². The molecule has 2 N–H and O–H groups in total. The largest absolute Gasteiger partial charge is 0.497 e. The maximum atomic E-state index is 12.2. The van der Waals surface area contributed by atoms with Gasteiger partial charge in [0.05, 0.1) is 37.1 Å². The summed E-state index contributed by atoms with van der Waals surface area (Å²) in [6, 6.07) is 13.4. The fourth-order valence-corrected chi connectivity index (χ4v) is 5.12. The van der Waals surface area contributed by atoms with E-state index in [2.05, 4.69) is 9.44 Å². The van der Waals surface area contributed by atoms with Gasteiger partial charge in [-0.25, -0.2) is 16.8 Å². The fraction of sp³-hybridized carbons (Fsp3) is 0.400. The molecule has 0 saturated heterocycles. The van der Waals surface area contributed by atoms with Crippen molar-refractivity contribution in [3.05, 3.63) is 48.5 Å². The maximum absolute atomic E-state index is 12.2. The summed E-state index contributed by atoms with van der Waals surface area (Å²) in [5, 5.41) is 0. The molecule has 2 rings (SSSR count). The van der Waals surface area contributed by atoms with Crippen LogP contribution >= 0.6 is 0 Å². The molecule has 8 nitrogen and oxygen atoms in total. The summed E-state index contributed by atoms with van der Waals surface area (Å²) >= 11 is 0. The van der Waals surface area contributed by atoms with Gasteiger partial charge in [-0.1, -0.05) is 25.0 Å². The van der Waals surface area contributed by atoms with E-state index in [9.17, 15) is 16.8 Å². The van der Waals surface area contributed by atoms with Crippen molar-refractivity contribution in [3.8, 4) is 11.5 Å². The first-order valence-corrected chi connectivity index (χ1v) is 12.8. The van der Waals surface area contributed by atoms with E-state index in [1.165, 1.54) is 14.2 Å². The Kier molecular flexibility index (Phi) is 8.79. The summed E-state index contributed by atoms with van der Waals surface area (Å²) in [5.41, 5.74) is 0.896. The van der Waals surface area contributed by atoms with E-state index in [-0.39, 0.29) is 11.5 Å². The summed E-state index contributed by atoms with van der Waals surface area (Å²) in [5.74, 6) is 1.08. The lowest BCUT2D eigenvalue weighted by Gasteiger charge is -2.10. The summed E-state index contributed by atoms with van der Waals surface area (Å²) in [4.78, 5) is 0. The van der Waals surface area contributed by atoms with Crippen LogP contribution in [0.25, 0.3) is 0 Å². The third kappa shape index (κ3) is 8.50. The van der Waals surface area contributed by atoms with Gasteiger partial charge in [-0.2, -0.15) is 0 Å². The van der Waals surface area contributed by atoms with Crippen LogP contribution in [-0.4, -0.2) is 42.6 Å². The summed E-state index contributed by atoms with van der Waals surface area (Å²) < 4.78 is 63.9. The number of methoxy groups -OCH3 is 2. The third-order valence-corrected chi connectivity index (χ3v) is 7.01. The number of ether oxygens (including phenoxy) is 2. The molecule has 30 heavy (non-hydrogen) atoms. The number of nitrogens with one attached hydrogen (secondary N) is 2. The number of benzene rings is 2. The van der Waals surface area contributed by atoms with Gasteiger partial charge >= 0.3 is 0 Å². The van der Waals surface area contributed by atoms with Gasteiger partial charge in [-0.05, 0) is 37.1 Å². The molecule has 2 aromatic rings. The molecule has 0 radical (unpaired) electrons. The van der Waals surface area contributed by atoms with E-state index in [1.807, 2.05) is 0 Å². The van der Waals surface area contributed by atoms with E-state index in [4.69, 9.17) is 9.47 Å². The highest BCUT2D eigenvalue weighted by Crippen LogP contribution is 2.19. The van der Waals surface area contributed by atoms with Crippen LogP contribution in [-0.2, 0) is 20.0 Å². The van der Waals surface area contributed by atoms with Crippen LogP contribution in [0.3, 0.4) is 0 Å². The third-order valence-electron chi connectivity index (χ3n) is 4.26. The quantitative estimate of drug-likeness (QED) is 0.447. The highest BCUT2D eigenvalue weighted by Gasteiger charge is 2.12. The molecule has 0 fully saturated rings. The predicted octanol–water partition coefficient (Wildman–Crippen LogP) is 3.45. The van der Waals surface area contributed by atoms with Crippen LogP contribution in [0, 0.1) is 0 Å². The lowest BCUT2D eigenvalue weighted by Crippen LogP contribution is -2.17. The summed E-state index contributed by atoms with van der Waals surface area (Å²) in [7, 11) is -3.91. The average Bonchev–Trinajstić information content (AvgIpc) is 2.70. The minimum atomic E-state index is -3.47. The number of sulfonamides is 2. The second-order valence-electron chi connectivity index (χ2n) is 6.72. The van der Waals surface area contributed by atoms with Gasteiger partial charge in [-0.15, -0.1) is 0 Å². The zero-order chi connectivity index (χ0) is 22.0. The normalized spacial score (nSPS) is 11.7. The topological polar surface area (TPSA) is 111 Å². The zero-order valence-electron chi connectivity index (χ0n) is 17.1. The van der Waals surface area contributed by atoms with Crippen molar-refractivity contribution in [3.63, 3.8) is 0 Å². The Bertz CT molecular complexity index is 940. The second-order valence-corrected chi connectivity index (χ2v) is 10.4. The Hall–Kier alpha value is -2.46. The van der Waals surface area contributed by atoms with Crippen molar-refractivity contribution in [2.75, 3.05) is 35.2 Å². The molecule has 0 heterocycles. The van der Waals surface area contributed by atoms with Gasteiger partial charge in [0.25, 0.3) is 0 Å². The van der Waals surface area contributed by atoms with Gasteiger partial charge in [0.1, 0.15) is 11.5 Å². The maximum Gasteiger partial charge on any atom is 0.232 e. The smallest absolute Gasteiger partial charge is 0.232 e. The van der Waals surface area contributed by atoms with E-state index < -0.39 is 20.0 Å². The SMILES string of the molecule is COc1cccc(NS(=O)(=O)CCCCCCS(=O)(=O)Nc2cccc(OC)c2)c1. The Labute approximate surface area is 178 Å². The van der Waals surface area contributed by atoms with Gasteiger partial charge in [0.15, 0.2) is 0 Å². The van der Waals surface area contributed by atoms with E-state index in [0.717, 1.165) is 0 Å². The first-order chi connectivity index (χ1) is 14.2. The van der Waals surface area contributed by atoms with E-state index in [1.54, 1.807) is 48.5 Å². The average molecular weight is 457 g/mol. The molecular formula is C20H28N2O6S2. The number of rotatable bonds is 13. The first kappa shape index (κ1) is 23.8. The van der Waals surface area contributed by atoms with Gasteiger partial charge < -0.3 is 9.47 Å². The van der Waals surface area contributed by atoms with Crippen LogP contribution < -0.4 is 18.9 Å². The standard InChI is InChI=1S/C20H28N2O6S2/c1-27-19-11-7-9-17(15-19)21-29(23,24)13-5-3-4-6-14-30(25,26)22-18-10-8-12-20(16-18)28-2/h7-12,15-16,21-22H,3-6,13-14H2,1-2H3. The number of unbranched alkanes of at least 4 members (excludes halogenated alkanes) is 3. The molecule has 0 aliphatic heterocycles. The molecule has 0 saturated carbocycles. The van der Waals surface area contributed by atoms with Crippen molar-refractivity contribution in [1.82, 2.24) is 0 Å². The Morgan fingerprint density at radius 1 is 0.667 bits per heavy atom. The molecular weight excluding hydrogens is 428 g/mol. The molecule has 0 unspecified atom stereocenters. The Morgan fingerprint density at radius 3 is 1.43 bits per heavy atom. The summed E-state index contributed by atoms with van der Waals surface area (Å²) in [6.07, 6.45) is 2.13. The van der Waals surface area contributed by atoms with Crippen molar-refractivity contribution >= 4 is 31.4 Å². The molecule has 0 amide bonds. The lowest BCUT2D eigenvalue weighted by atomic mass is 10.2. The molecule has 0 atom stereocenters. The zero-order valence-corrected chi connectivity index (χ0v) is 18.8. The minimum absolute atomic E-state index is 0.0288. The van der Waals surface area contributed by atoms with Crippen LogP contribution in [0.4, 0.5) is 11.4 Å². The van der Waals surface area contributed by atoms with Gasteiger partial charge in [0, 0.05) is 12.1 Å². The molecule has 166 valence electrons. The first-order valence-electron chi connectivity index (χ1n) is 9.52. The molecule has 0 bridgehead atoms. The van der Waals surface area contributed by atoms with Gasteiger partial charge in [-0.3, -0.25) is 9.44 Å². The minimum Gasteiger partial charge on any atom is -0.497 e. The summed E-state index contributed by atoms with van der Waals surface area (Å²) in [6.45, 7) is 0. The predicted molar refractivity (Wildman–Crippen MR) is 119 cm³/mol. The molecule has 0 aromatic heterocycles. The Balaban J connectivity index is 1.70. The van der Waals surface area contributed by atoms with Crippen LogP contribution in [0.15, 0.2) is 48.5 Å².